The van der Waals surface area contributed by atoms with Gasteiger partial charge in [0.05, 0.1) is 10.0 Å². The SMILES string of the molecule is C=CCn1c(-c2ccccc2Cl)nnc1-c1ccccc1Cl. The van der Waals surface area contributed by atoms with E-state index in [1.54, 1.807) is 6.08 Å². The molecule has 0 atom stereocenters. The highest BCUT2D eigenvalue weighted by Gasteiger charge is 2.17. The van der Waals surface area contributed by atoms with Crippen molar-refractivity contribution in [2.45, 2.75) is 6.54 Å². The van der Waals surface area contributed by atoms with Crippen molar-refractivity contribution in [3.05, 3.63) is 71.2 Å². The largest absolute Gasteiger partial charge is 0.303 e. The monoisotopic (exact) mass is 329 g/mol. The van der Waals surface area contributed by atoms with Crippen LogP contribution in [0.5, 0.6) is 0 Å². The van der Waals surface area contributed by atoms with Crippen LogP contribution in [0, 0.1) is 0 Å². The predicted molar refractivity (Wildman–Crippen MR) is 91.1 cm³/mol. The molecule has 0 aliphatic heterocycles. The van der Waals surface area contributed by atoms with Crippen molar-refractivity contribution in [3.63, 3.8) is 0 Å². The van der Waals surface area contributed by atoms with Gasteiger partial charge in [-0.2, -0.15) is 0 Å². The Hall–Kier alpha value is -2.10. The smallest absolute Gasteiger partial charge is 0.166 e. The number of aromatic nitrogens is 3. The van der Waals surface area contributed by atoms with Gasteiger partial charge >= 0.3 is 0 Å². The third-order valence-electron chi connectivity index (χ3n) is 3.29. The van der Waals surface area contributed by atoms with E-state index >= 15 is 0 Å². The summed E-state index contributed by atoms with van der Waals surface area (Å²) in [6.07, 6.45) is 1.80. The normalized spacial score (nSPS) is 10.6. The van der Waals surface area contributed by atoms with Crippen LogP contribution in [0.15, 0.2) is 61.2 Å². The number of allylic oxidation sites excluding steroid dienone is 1. The van der Waals surface area contributed by atoms with Crippen LogP contribution in [0.25, 0.3) is 22.8 Å². The zero-order valence-electron chi connectivity index (χ0n) is 11.7. The number of hydrogen-bond acceptors (Lipinski definition) is 2. The van der Waals surface area contributed by atoms with E-state index < -0.39 is 0 Å². The Kier molecular flexibility index (Phi) is 4.27. The lowest BCUT2D eigenvalue weighted by atomic mass is 10.2. The summed E-state index contributed by atoms with van der Waals surface area (Å²) in [7, 11) is 0. The molecule has 0 amide bonds. The average molecular weight is 330 g/mol. The van der Waals surface area contributed by atoms with Crippen molar-refractivity contribution in [1.29, 1.82) is 0 Å². The van der Waals surface area contributed by atoms with Crippen LogP contribution in [0.1, 0.15) is 0 Å². The third-order valence-corrected chi connectivity index (χ3v) is 3.95. The molecule has 0 N–H and O–H groups in total. The molecule has 110 valence electrons. The molecule has 2 aromatic carbocycles. The first-order chi connectivity index (χ1) is 10.7. The van der Waals surface area contributed by atoms with Crippen LogP contribution < -0.4 is 0 Å². The van der Waals surface area contributed by atoms with Gasteiger partial charge < -0.3 is 4.57 Å². The Balaban J connectivity index is 2.21. The molecule has 0 saturated heterocycles. The maximum absolute atomic E-state index is 6.28. The van der Waals surface area contributed by atoms with Crippen molar-refractivity contribution in [3.8, 4) is 22.8 Å². The van der Waals surface area contributed by atoms with Gasteiger partial charge in [0.15, 0.2) is 11.6 Å². The third kappa shape index (κ3) is 2.65. The molecule has 0 radical (unpaired) electrons. The van der Waals surface area contributed by atoms with Crippen LogP contribution in [-0.2, 0) is 6.54 Å². The van der Waals surface area contributed by atoms with Crippen molar-refractivity contribution in [2.24, 2.45) is 0 Å². The highest BCUT2D eigenvalue weighted by molar-refractivity contribution is 6.33. The van der Waals surface area contributed by atoms with E-state index in [-0.39, 0.29) is 0 Å². The summed E-state index contributed by atoms with van der Waals surface area (Å²) >= 11 is 12.6. The van der Waals surface area contributed by atoms with Gasteiger partial charge in [0, 0.05) is 17.7 Å². The van der Waals surface area contributed by atoms with Gasteiger partial charge in [0.25, 0.3) is 0 Å². The molecule has 0 unspecified atom stereocenters. The second kappa shape index (κ2) is 6.34. The summed E-state index contributed by atoms with van der Waals surface area (Å²) in [4.78, 5) is 0. The standard InChI is InChI=1S/C17H13Cl2N3/c1-2-11-22-16(12-7-3-5-9-14(12)18)20-21-17(22)13-8-4-6-10-15(13)19/h2-10H,1,11H2. The quantitative estimate of drug-likeness (QED) is 0.623. The van der Waals surface area contributed by atoms with Gasteiger partial charge in [-0.1, -0.05) is 53.5 Å². The van der Waals surface area contributed by atoms with E-state index in [4.69, 9.17) is 23.2 Å². The Bertz CT molecular complexity index is 761. The summed E-state index contributed by atoms with van der Waals surface area (Å²) in [6, 6.07) is 15.1. The molecule has 1 heterocycles. The molecule has 0 saturated carbocycles. The highest BCUT2D eigenvalue weighted by atomic mass is 35.5. The van der Waals surface area contributed by atoms with Crippen LogP contribution in [0.2, 0.25) is 10.0 Å². The molecule has 0 fully saturated rings. The minimum absolute atomic E-state index is 0.564. The fraction of sp³-hybridized carbons (Fsp3) is 0.0588. The van der Waals surface area contributed by atoms with Gasteiger partial charge in [-0.05, 0) is 24.3 Å². The van der Waals surface area contributed by atoms with Crippen molar-refractivity contribution in [2.75, 3.05) is 0 Å². The van der Waals surface area contributed by atoms with Crippen LogP contribution in [0.4, 0.5) is 0 Å². The van der Waals surface area contributed by atoms with Gasteiger partial charge in [0.2, 0.25) is 0 Å². The number of rotatable bonds is 4. The second-order valence-electron chi connectivity index (χ2n) is 4.71. The van der Waals surface area contributed by atoms with Crippen LogP contribution in [-0.4, -0.2) is 14.8 Å². The Morgan fingerprint density at radius 3 is 1.73 bits per heavy atom. The molecular formula is C17H13Cl2N3. The molecule has 3 nitrogen and oxygen atoms in total. The molecular weight excluding hydrogens is 317 g/mol. The minimum atomic E-state index is 0.564. The Labute approximate surface area is 138 Å². The highest BCUT2D eigenvalue weighted by Crippen LogP contribution is 2.32. The molecule has 3 aromatic rings. The van der Waals surface area contributed by atoms with Crippen LogP contribution in [0.3, 0.4) is 0 Å². The first-order valence-corrected chi connectivity index (χ1v) is 7.52. The van der Waals surface area contributed by atoms with Gasteiger partial charge in [-0.3, -0.25) is 0 Å². The van der Waals surface area contributed by atoms with Crippen LogP contribution >= 0.6 is 23.2 Å². The number of hydrogen-bond donors (Lipinski definition) is 0. The Morgan fingerprint density at radius 1 is 0.864 bits per heavy atom. The van der Waals surface area contributed by atoms with E-state index in [2.05, 4.69) is 16.8 Å². The van der Waals surface area contributed by atoms with E-state index in [9.17, 15) is 0 Å². The maximum Gasteiger partial charge on any atom is 0.166 e. The summed E-state index contributed by atoms with van der Waals surface area (Å²) < 4.78 is 1.95. The van der Waals surface area contributed by atoms with Gasteiger partial charge in [0.1, 0.15) is 0 Å². The number of benzene rings is 2. The van der Waals surface area contributed by atoms with E-state index in [1.165, 1.54) is 0 Å². The molecule has 1 aromatic heterocycles. The zero-order valence-corrected chi connectivity index (χ0v) is 13.2. The minimum Gasteiger partial charge on any atom is -0.303 e. The van der Waals surface area contributed by atoms with E-state index in [1.807, 2.05) is 53.1 Å². The summed E-state index contributed by atoms with van der Waals surface area (Å²) in [5.41, 5.74) is 1.66. The lowest BCUT2D eigenvalue weighted by Crippen LogP contribution is -2.01. The summed E-state index contributed by atoms with van der Waals surface area (Å²) in [6.45, 7) is 4.37. The topological polar surface area (TPSA) is 30.7 Å². The molecule has 0 aliphatic rings. The molecule has 22 heavy (non-hydrogen) atoms. The van der Waals surface area contributed by atoms with Crippen molar-refractivity contribution in [1.82, 2.24) is 14.8 Å². The number of halogens is 2. The molecule has 0 bridgehead atoms. The van der Waals surface area contributed by atoms with E-state index in [0.717, 1.165) is 11.1 Å². The average Bonchev–Trinajstić information content (AvgIpc) is 2.92. The van der Waals surface area contributed by atoms with Crippen molar-refractivity contribution >= 4 is 23.2 Å². The number of nitrogens with zero attached hydrogens (tertiary/aromatic N) is 3. The lowest BCUT2D eigenvalue weighted by Gasteiger charge is -2.10. The first-order valence-electron chi connectivity index (χ1n) is 6.76. The van der Waals surface area contributed by atoms with Crippen molar-refractivity contribution < 1.29 is 0 Å². The van der Waals surface area contributed by atoms with Gasteiger partial charge in [-0.15, -0.1) is 16.8 Å². The van der Waals surface area contributed by atoms with Gasteiger partial charge in [-0.25, -0.2) is 0 Å². The molecule has 5 heteroatoms. The fourth-order valence-corrected chi connectivity index (χ4v) is 2.73. The summed E-state index contributed by atoms with van der Waals surface area (Å²) in [5.74, 6) is 1.39. The molecule has 0 aliphatic carbocycles. The maximum atomic E-state index is 6.28. The Morgan fingerprint density at radius 2 is 1.32 bits per heavy atom. The predicted octanol–water partition coefficient (Wildman–Crippen LogP) is 5.10. The molecule has 3 rings (SSSR count). The summed E-state index contributed by atoms with van der Waals surface area (Å²) in [5, 5.41) is 9.87. The first kappa shape index (κ1) is 14.8. The fourth-order valence-electron chi connectivity index (χ4n) is 2.29. The second-order valence-corrected chi connectivity index (χ2v) is 5.52. The molecule has 0 spiro atoms. The van der Waals surface area contributed by atoms with E-state index in [0.29, 0.717) is 28.2 Å². The zero-order chi connectivity index (χ0) is 15.5. The lowest BCUT2D eigenvalue weighted by molar-refractivity contribution is 0.837.